The number of rotatable bonds is 6. The first-order valence-electron chi connectivity index (χ1n) is 6.48. The van der Waals surface area contributed by atoms with E-state index >= 15 is 0 Å². The number of carboxylic acid groups (broad SMARTS) is 1. The molecule has 6 heteroatoms. The Bertz CT molecular complexity index is 311. The second-order valence-corrected chi connectivity index (χ2v) is 6.25. The maximum Gasteiger partial charge on any atom is 0.326 e. The molecule has 0 saturated heterocycles. The van der Waals surface area contributed by atoms with Gasteiger partial charge >= 0.3 is 12.0 Å². The number of nitrogens with zero attached hydrogens (tertiary/aromatic N) is 1. The Morgan fingerprint density at radius 1 is 1.21 bits per heavy atom. The lowest BCUT2D eigenvalue weighted by molar-refractivity contribution is -0.141. The first-order valence-corrected chi connectivity index (χ1v) is 6.48. The molecule has 0 aliphatic heterocycles. The molecule has 19 heavy (non-hydrogen) atoms. The van der Waals surface area contributed by atoms with Crippen LogP contribution in [0.2, 0.25) is 0 Å². The zero-order valence-corrected chi connectivity index (χ0v) is 12.8. The lowest BCUT2D eigenvalue weighted by Gasteiger charge is -2.28. The van der Waals surface area contributed by atoms with Crippen molar-refractivity contribution in [3.05, 3.63) is 0 Å². The number of carbonyl (C=O) groups excluding carboxylic acids is 1. The summed E-state index contributed by atoms with van der Waals surface area (Å²) in [6, 6.07) is -1.35. The average Bonchev–Trinajstić information content (AvgIpc) is 2.21. The minimum Gasteiger partial charge on any atom is -0.480 e. The highest BCUT2D eigenvalue weighted by atomic mass is 16.4. The van der Waals surface area contributed by atoms with E-state index in [2.05, 4.69) is 10.6 Å². The van der Waals surface area contributed by atoms with Gasteiger partial charge in [-0.3, -0.25) is 0 Å². The summed E-state index contributed by atoms with van der Waals surface area (Å²) < 4.78 is 0. The minimum absolute atomic E-state index is 0.00295. The maximum atomic E-state index is 11.8. The predicted octanol–water partition coefficient (Wildman–Crippen LogP) is 1.13. The van der Waals surface area contributed by atoms with Crippen LogP contribution < -0.4 is 10.6 Å². The molecule has 2 atom stereocenters. The van der Waals surface area contributed by atoms with Gasteiger partial charge in [0.25, 0.3) is 0 Å². The smallest absolute Gasteiger partial charge is 0.326 e. The molecule has 0 bridgehead atoms. The van der Waals surface area contributed by atoms with Gasteiger partial charge in [0.1, 0.15) is 6.04 Å². The van der Waals surface area contributed by atoms with E-state index in [0.29, 0.717) is 0 Å². The Hall–Kier alpha value is -1.30. The normalized spacial score (nSPS) is 14.9. The zero-order valence-electron chi connectivity index (χ0n) is 12.8. The third-order valence-electron chi connectivity index (χ3n) is 2.78. The van der Waals surface area contributed by atoms with Crippen molar-refractivity contribution in [2.45, 2.75) is 46.2 Å². The van der Waals surface area contributed by atoms with Gasteiger partial charge in [-0.15, -0.1) is 0 Å². The number of hydrogen-bond donors (Lipinski definition) is 3. The molecule has 0 aromatic heterocycles. The average molecular weight is 273 g/mol. The standard InChI is InChI=1S/C13H27N3O3/c1-9(7-8-16(5)6)14-12(19)15-10(11(17)18)13(2,3)4/h9-10H,7-8H2,1-6H3,(H,17,18)(H2,14,15,19)/t9?,10-/m0/s1. The monoisotopic (exact) mass is 273 g/mol. The van der Waals surface area contributed by atoms with E-state index in [4.69, 9.17) is 5.11 Å². The molecule has 0 aliphatic carbocycles. The summed E-state index contributed by atoms with van der Waals surface area (Å²) in [5.41, 5.74) is -0.532. The summed E-state index contributed by atoms with van der Waals surface area (Å²) in [6.45, 7) is 8.10. The van der Waals surface area contributed by atoms with Crippen LogP contribution in [0.1, 0.15) is 34.1 Å². The lowest BCUT2D eigenvalue weighted by Crippen LogP contribution is -2.53. The highest BCUT2D eigenvalue weighted by Gasteiger charge is 2.32. The van der Waals surface area contributed by atoms with Crippen LogP contribution in [-0.4, -0.2) is 54.7 Å². The van der Waals surface area contributed by atoms with Gasteiger partial charge in [0.15, 0.2) is 0 Å². The predicted molar refractivity (Wildman–Crippen MR) is 75.2 cm³/mol. The molecule has 0 radical (unpaired) electrons. The summed E-state index contributed by atoms with van der Waals surface area (Å²) in [7, 11) is 3.93. The Kier molecular flexibility index (Phi) is 6.83. The van der Waals surface area contributed by atoms with E-state index in [-0.39, 0.29) is 6.04 Å². The number of carboxylic acids is 1. The van der Waals surface area contributed by atoms with Crippen LogP contribution in [0, 0.1) is 5.41 Å². The highest BCUT2D eigenvalue weighted by molar-refractivity contribution is 5.83. The highest BCUT2D eigenvalue weighted by Crippen LogP contribution is 2.19. The van der Waals surface area contributed by atoms with Gasteiger partial charge in [0, 0.05) is 6.04 Å². The van der Waals surface area contributed by atoms with E-state index in [9.17, 15) is 9.59 Å². The summed E-state index contributed by atoms with van der Waals surface area (Å²) in [5.74, 6) is -1.02. The number of aliphatic carboxylic acids is 1. The molecule has 0 aliphatic rings. The van der Waals surface area contributed by atoms with Crippen LogP contribution in [0.3, 0.4) is 0 Å². The second-order valence-electron chi connectivity index (χ2n) is 6.25. The fourth-order valence-corrected chi connectivity index (χ4v) is 1.57. The Balaban J connectivity index is 4.32. The first kappa shape index (κ1) is 17.7. The van der Waals surface area contributed by atoms with E-state index in [1.54, 1.807) is 20.8 Å². The van der Waals surface area contributed by atoms with Gasteiger partial charge in [-0.2, -0.15) is 0 Å². The summed E-state index contributed by atoms with van der Waals surface area (Å²) in [6.07, 6.45) is 0.813. The van der Waals surface area contributed by atoms with Crippen molar-refractivity contribution in [3.63, 3.8) is 0 Å². The molecule has 0 saturated carbocycles. The van der Waals surface area contributed by atoms with Crippen molar-refractivity contribution < 1.29 is 14.7 Å². The molecule has 112 valence electrons. The van der Waals surface area contributed by atoms with Gasteiger partial charge in [-0.05, 0) is 39.4 Å². The lowest BCUT2D eigenvalue weighted by atomic mass is 9.87. The van der Waals surface area contributed by atoms with Crippen molar-refractivity contribution in [1.82, 2.24) is 15.5 Å². The molecule has 1 unspecified atom stereocenters. The molecule has 0 rings (SSSR count). The molecule has 0 fully saturated rings. The first-order chi connectivity index (χ1) is 8.54. The molecule has 6 nitrogen and oxygen atoms in total. The minimum atomic E-state index is -1.02. The molecular weight excluding hydrogens is 246 g/mol. The second kappa shape index (κ2) is 7.33. The topological polar surface area (TPSA) is 81.7 Å². The quantitative estimate of drug-likeness (QED) is 0.677. The molecule has 2 amide bonds. The molecule has 0 spiro atoms. The maximum absolute atomic E-state index is 11.8. The van der Waals surface area contributed by atoms with Gasteiger partial charge in [0.2, 0.25) is 0 Å². The van der Waals surface area contributed by atoms with Crippen molar-refractivity contribution in [1.29, 1.82) is 0 Å². The van der Waals surface area contributed by atoms with Crippen LogP contribution in [0.5, 0.6) is 0 Å². The van der Waals surface area contributed by atoms with Crippen molar-refractivity contribution in [3.8, 4) is 0 Å². The van der Waals surface area contributed by atoms with Crippen LogP contribution in [0.15, 0.2) is 0 Å². The number of amides is 2. The third kappa shape index (κ3) is 7.66. The molecule has 3 N–H and O–H groups in total. The molecule has 0 aromatic rings. The molecule has 0 heterocycles. The van der Waals surface area contributed by atoms with E-state index < -0.39 is 23.5 Å². The fourth-order valence-electron chi connectivity index (χ4n) is 1.57. The third-order valence-corrected chi connectivity index (χ3v) is 2.78. The number of hydrogen-bond acceptors (Lipinski definition) is 3. The Morgan fingerprint density at radius 2 is 1.74 bits per heavy atom. The summed E-state index contributed by atoms with van der Waals surface area (Å²) in [5, 5.41) is 14.4. The van der Waals surface area contributed by atoms with Crippen LogP contribution in [-0.2, 0) is 4.79 Å². The van der Waals surface area contributed by atoms with Gasteiger partial charge in [0.05, 0.1) is 0 Å². The molecular formula is C13H27N3O3. The van der Waals surface area contributed by atoms with Crippen molar-refractivity contribution in [2.24, 2.45) is 5.41 Å². The largest absolute Gasteiger partial charge is 0.480 e. The summed E-state index contributed by atoms with van der Waals surface area (Å²) >= 11 is 0. The summed E-state index contributed by atoms with van der Waals surface area (Å²) in [4.78, 5) is 24.9. The van der Waals surface area contributed by atoms with Crippen molar-refractivity contribution >= 4 is 12.0 Å². The van der Waals surface area contributed by atoms with Crippen molar-refractivity contribution in [2.75, 3.05) is 20.6 Å². The zero-order chi connectivity index (χ0) is 15.2. The van der Waals surface area contributed by atoms with Gasteiger partial charge < -0.3 is 20.6 Å². The molecule has 0 aromatic carbocycles. The number of nitrogens with one attached hydrogen (secondary N) is 2. The Labute approximate surface area is 115 Å². The van der Waals surface area contributed by atoms with Gasteiger partial charge in [-0.25, -0.2) is 9.59 Å². The van der Waals surface area contributed by atoms with E-state index in [0.717, 1.165) is 13.0 Å². The van der Waals surface area contributed by atoms with E-state index in [1.165, 1.54) is 0 Å². The fraction of sp³-hybridized carbons (Fsp3) is 0.846. The number of urea groups is 1. The van der Waals surface area contributed by atoms with Gasteiger partial charge in [-0.1, -0.05) is 20.8 Å². The number of carbonyl (C=O) groups is 2. The van der Waals surface area contributed by atoms with Crippen LogP contribution in [0.25, 0.3) is 0 Å². The Morgan fingerprint density at radius 3 is 2.11 bits per heavy atom. The van der Waals surface area contributed by atoms with Crippen LogP contribution in [0.4, 0.5) is 4.79 Å². The van der Waals surface area contributed by atoms with E-state index in [1.807, 2.05) is 25.9 Å². The van der Waals surface area contributed by atoms with Crippen LogP contribution >= 0.6 is 0 Å². The SMILES string of the molecule is CC(CCN(C)C)NC(=O)N[C@@H](C(=O)O)C(C)(C)C.